The molecule has 4 rings (SSSR count). The Morgan fingerprint density at radius 1 is 1.17 bits per heavy atom. The number of unbranched alkanes of at least 4 members (excludes halogenated alkanes) is 2. The Kier molecular flexibility index (Phi) is 8.88. The largest absolute Gasteiger partial charge is 0.485 e. The number of benzene rings is 1. The number of morpholine rings is 1. The minimum absolute atomic E-state index is 0.00978. The number of ether oxygens (including phenoxy) is 2. The lowest BCUT2D eigenvalue weighted by Gasteiger charge is -2.31. The van der Waals surface area contributed by atoms with Crippen molar-refractivity contribution in [3.8, 4) is 5.75 Å². The van der Waals surface area contributed by atoms with Gasteiger partial charge in [-0.3, -0.25) is 14.1 Å². The minimum Gasteiger partial charge on any atom is -0.485 e. The Morgan fingerprint density at radius 2 is 1.92 bits per heavy atom. The lowest BCUT2D eigenvalue weighted by molar-refractivity contribution is 0.0327. The van der Waals surface area contributed by atoms with Crippen molar-refractivity contribution in [1.82, 2.24) is 19.6 Å². The molecule has 1 aliphatic rings. The molecule has 1 fully saturated rings. The molecule has 1 N–H and O–H groups in total. The summed E-state index contributed by atoms with van der Waals surface area (Å²) in [6.07, 6.45) is 5.92. The molecule has 7 nitrogen and oxygen atoms in total. The zero-order chi connectivity index (χ0) is 25.5. The van der Waals surface area contributed by atoms with Gasteiger partial charge in [-0.25, -0.2) is 13.8 Å². The average molecular weight is 501 g/mol. The molecule has 1 aliphatic heterocycles. The second kappa shape index (κ2) is 12.3. The first-order valence-corrected chi connectivity index (χ1v) is 12.6. The number of imidazole rings is 1. The Morgan fingerprint density at radius 3 is 2.64 bits per heavy atom. The molecular formula is C27H34F2N4O3. The molecular weight excluding hydrogens is 466 g/mol. The van der Waals surface area contributed by atoms with E-state index in [2.05, 4.69) is 22.1 Å². The van der Waals surface area contributed by atoms with E-state index in [0.717, 1.165) is 45.3 Å². The van der Waals surface area contributed by atoms with Crippen LogP contribution < -0.4 is 10.1 Å². The van der Waals surface area contributed by atoms with Gasteiger partial charge in [-0.15, -0.1) is 0 Å². The molecule has 1 aromatic carbocycles. The van der Waals surface area contributed by atoms with Crippen molar-refractivity contribution >= 4 is 11.6 Å². The van der Waals surface area contributed by atoms with Crippen LogP contribution in [0.5, 0.6) is 5.75 Å². The zero-order valence-corrected chi connectivity index (χ0v) is 20.9. The maximum atomic E-state index is 14.0. The van der Waals surface area contributed by atoms with E-state index < -0.39 is 11.6 Å². The van der Waals surface area contributed by atoms with Crippen LogP contribution in [0.4, 0.5) is 8.78 Å². The third-order valence-electron chi connectivity index (χ3n) is 6.51. The van der Waals surface area contributed by atoms with Crippen molar-refractivity contribution in [2.24, 2.45) is 0 Å². The fourth-order valence-electron chi connectivity index (χ4n) is 4.56. The number of hydrogen-bond acceptors (Lipinski definition) is 5. The van der Waals surface area contributed by atoms with Crippen LogP contribution in [0.2, 0.25) is 0 Å². The van der Waals surface area contributed by atoms with Crippen LogP contribution in [0.3, 0.4) is 0 Å². The number of amides is 1. The smallest absolute Gasteiger partial charge is 0.270 e. The number of aryl methyl sites for hydroxylation is 1. The van der Waals surface area contributed by atoms with Crippen LogP contribution in [-0.4, -0.2) is 59.1 Å². The summed E-state index contributed by atoms with van der Waals surface area (Å²) in [5.74, 6) is -1.20. The van der Waals surface area contributed by atoms with Crippen LogP contribution in [0.15, 0.2) is 36.5 Å². The van der Waals surface area contributed by atoms with Crippen molar-refractivity contribution in [1.29, 1.82) is 0 Å². The van der Waals surface area contributed by atoms with Crippen LogP contribution in [-0.2, 0) is 11.3 Å². The van der Waals surface area contributed by atoms with Gasteiger partial charge in [0.25, 0.3) is 5.91 Å². The van der Waals surface area contributed by atoms with Gasteiger partial charge < -0.3 is 14.8 Å². The Hall–Kier alpha value is -3.04. The highest BCUT2D eigenvalue weighted by Crippen LogP contribution is 2.24. The molecule has 36 heavy (non-hydrogen) atoms. The first-order chi connectivity index (χ1) is 17.5. The Labute approximate surface area is 210 Å². The van der Waals surface area contributed by atoms with Crippen LogP contribution >= 0.6 is 0 Å². The van der Waals surface area contributed by atoms with Crippen LogP contribution in [0.1, 0.15) is 54.4 Å². The normalized spacial score (nSPS) is 15.2. The molecule has 2 aromatic heterocycles. The maximum absolute atomic E-state index is 14.0. The van der Waals surface area contributed by atoms with Gasteiger partial charge in [0.1, 0.15) is 23.9 Å². The average Bonchev–Trinajstić information content (AvgIpc) is 3.21. The molecule has 0 spiro atoms. The topological polar surface area (TPSA) is 68.1 Å². The number of carbonyl (C=O) groups is 1. The second-order valence-corrected chi connectivity index (χ2v) is 9.18. The summed E-state index contributed by atoms with van der Waals surface area (Å²) < 4.78 is 41.0. The molecule has 3 heterocycles. The molecule has 0 aliphatic carbocycles. The van der Waals surface area contributed by atoms with Crippen molar-refractivity contribution in [2.75, 3.05) is 32.8 Å². The Bertz CT molecular complexity index is 1160. The summed E-state index contributed by atoms with van der Waals surface area (Å²) in [5.41, 5.74) is 1.25. The van der Waals surface area contributed by atoms with E-state index in [1.807, 2.05) is 0 Å². The van der Waals surface area contributed by atoms with E-state index in [9.17, 15) is 13.6 Å². The number of carbonyl (C=O) groups excluding carboxylic acids is 1. The lowest BCUT2D eigenvalue weighted by Crippen LogP contribution is -2.47. The first-order valence-electron chi connectivity index (χ1n) is 12.6. The van der Waals surface area contributed by atoms with Gasteiger partial charge in [0.05, 0.1) is 24.5 Å². The van der Waals surface area contributed by atoms with Crippen molar-refractivity contribution in [3.63, 3.8) is 0 Å². The third kappa shape index (κ3) is 6.20. The van der Waals surface area contributed by atoms with Gasteiger partial charge >= 0.3 is 0 Å². The van der Waals surface area contributed by atoms with Crippen LogP contribution in [0, 0.1) is 18.6 Å². The van der Waals surface area contributed by atoms with Gasteiger partial charge in [-0.2, -0.15) is 0 Å². The highest BCUT2D eigenvalue weighted by Gasteiger charge is 2.23. The van der Waals surface area contributed by atoms with E-state index in [0.29, 0.717) is 36.0 Å². The van der Waals surface area contributed by atoms with E-state index in [1.54, 1.807) is 29.7 Å². The summed E-state index contributed by atoms with van der Waals surface area (Å²) in [4.78, 5) is 20.3. The van der Waals surface area contributed by atoms with Gasteiger partial charge in [0.2, 0.25) is 0 Å². The van der Waals surface area contributed by atoms with Crippen molar-refractivity contribution < 1.29 is 23.0 Å². The monoisotopic (exact) mass is 500 g/mol. The summed E-state index contributed by atoms with van der Waals surface area (Å²) in [5, 5.41) is 3.23. The van der Waals surface area contributed by atoms with Gasteiger partial charge in [-0.05, 0) is 37.6 Å². The van der Waals surface area contributed by atoms with Gasteiger partial charge in [-0.1, -0.05) is 32.3 Å². The molecule has 0 radical (unpaired) electrons. The predicted molar refractivity (Wildman–Crippen MR) is 133 cm³/mol. The number of halogens is 2. The van der Waals surface area contributed by atoms with Gasteiger partial charge in [0, 0.05) is 31.9 Å². The van der Waals surface area contributed by atoms with E-state index in [-0.39, 0.29) is 24.1 Å². The SMILES string of the molecule is CCCCC[C@H](CN1CCOCC1)NC(=O)c1c(C)nc2c(OCc3c(F)cccc3F)cccn12. The zero-order valence-electron chi connectivity index (χ0n) is 20.9. The van der Waals surface area contributed by atoms with Crippen molar-refractivity contribution in [2.45, 2.75) is 52.2 Å². The highest BCUT2D eigenvalue weighted by atomic mass is 19.1. The molecule has 1 amide bonds. The molecule has 0 saturated carbocycles. The van der Waals surface area contributed by atoms with E-state index in [1.165, 1.54) is 18.2 Å². The standard InChI is InChI=1S/C27H34F2N4O3/c1-3-4-5-8-20(17-32-13-15-35-16-14-32)31-27(34)25-19(2)30-26-24(11-7-12-33(25)26)36-18-21-22(28)9-6-10-23(21)29/h6-7,9-12,20H,3-5,8,13-18H2,1-2H3,(H,31,34)/t20-/m1/s1. The number of nitrogens with zero attached hydrogens (tertiary/aromatic N) is 3. The fourth-order valence-corrected chi connectivity index (χ4v) is 4.56. The summed E-state index contributed by atoms with van der Waals surface area (Å²) >= 11 is 0. The van der Waals surface area contributed by atoms with Crippen LogP contribution in [0.25, 0.3) is 5.65 Å². The van der Waals surface area contributed by atoms with E-state index >= 15 is 0 Å². The number of hydrogen-bond donors (Lipinski definition) is 1. The van der Waals surface area contributed by atoms with Gasteiger partial charge in [0.15, 0.2) is 11.4 Å². The molecule has 1 atom stereocenters. The predicted octanol–water partition coefficient (Wildman–Crippen LogP) is 4.51. The number of aromatic nitrogens is 2. The Balaban J connectivity index is 1.52. The van der Waals surface area contributed by atoms with E-state index in [4.69, 9.17) is 9.47 Å². The minimum atomic E-state index is -0.670. The summed E-state index contributed by atoms with van der Waals surface area (Å²) in [6.45, 7) is 7.56. The third-order valence-corrected chi connectivity index (χ3v) is 6.51. The highest BCUT2D eigenvalue weighted by molar-refractivity contribution is 5.95. The fraction of sp³-hybridized carbons (Fsp3) is 0.481. The first kappa shape index (κ1) is 26.0. The summed E-state index contributed by atoms with van der Waals surface area (Å²) in [6, 6.07) is 7.11. The number of nitrogens with one attached hydrogen (secondary N) is 1. The maximum Gasteiger partial charge on any atom is 0.270 e. The molecule has 3 aromatic rings. The molecule has 0 unspecified atom stereocenters. The molecule has 9 heteroatoms. The number of fused-ring (bicyclic) bond motifs is 1. The number of pyridine rings is 1. The quantitative estimate of drug-likeness (QED) is 0.393. The number of rotatable bonds is 11. The second-order valence-electron chi connectivity index (χ2n) is 9.18. The van der Waals surface area contributed by atoms with Crippen molar-refractivity contribution in [3.05, 3.63) is 65.1 Å². The molecule has 194 valence electrons. The molecule has 0 bridgehead atoms. The summed E-state index contributed by atoms with van der Waals surface area (Å²) in [7, 11) is 0. The molecule has 1 saturated heterocycles. The lowest BCUT2D eigenvalue weighted by atomic mass is 10.1.